The van der Waals surface area contributed by atoms with E-state index in [2.05, 4.69) is 50.8 Å². The van der Waals surface area contributed by atoms with Crippen LogP contribution in [0.1, 0.15) is 55.6 Å². The van der Waals surface area contributed by atoms with Gasteiger partial charge >= 0.3 is 133 Å². The van der Waals surface area contributed by atoms with Gasteiger partial charge in [-0.15, -0.1) is 18.9 Å². The summed E-state index contributed by atoms with van der Waals surface area (Å²) in [6, 6.07) is 53.9. The molecule has 0 fully saturated rings. The van der Waals surface area contributed by atoms with Gasteiger partial charge in [0.1, 0.15) is 0 Å². The van der Waals surface area contributed by atoms with E-state index in [0.717, 1.165) is 44.5 Å². The van der Waals surface area contributed by atoms with Crippen molar-refractivity contribution in [1.29, 1.82) is 0 Å². The maximum absolute atomic E-state index is 12.4. The van der Waals surface area contributed by atoms with Crippen LogP contribution in [0.3, 0.4) is 0 Å². The first-order valence-corrected chi connectivity index (χ1v) is 34.7. The molecular formula is C58H46Br2F4Na4O12P4S2. The molecule has 0 atom stereocenters. The summed E-state index contributed by atoms with van der Waals surface area (Å²) in [5.41, 5.74) is 9.93. The van der Waals surface area contributed by atoms with Crippen LogP contribution < -0.4 is 148 Å². The molecule has 0 radical (unpaired) electrons. The van der Waals surface area contributed by atoms with E-state index in [-0.39, 0.29) is 129 Å². The fourth-order valence-corrected chi connectivity index (χ4v) is 14.6. The summed E-state index contributed by atoms with van der Waals surface area (Å²) in [4.78, 5) is 48.2. The maximum atomic E-state index is 12.4. The van der Waals surface area contributed by atoms with Crippen molar-refractivity contribution in [3.05, 3.63) is 247 Å². The Hall–Kier alpha value is -0.780. The van der Waals surface area contributed by atoms with Crippen LogP contribution in [0.15, 0.2) is 191 Å². The van der Waals surface area contributed by atoms with Gasteiger partial charge < -0.3 is 28.7 Å². The quantitative estimate of drug-likeness (QED) is 0.0369. The fourth-order valence-electron chi connectivity index (χ4n) is 8.02. The third-order valence-electron chi connectivity index (χ3n) is 12.2. The van der Waals surface area contributed by atoms with Crippen molar-refractivity contribution < 1.29 is 193 Å². The Balaban J connectivity index is 0.000000430. The van der Waals surface area contributed by atoms with Crippen LogP contribution in [0, 0.1) is 0 Å². The zero-order valence-corrected chi connectivity index (χ0v) is 63.0. The van der Waals surface area contributed by atoms with Crippen LogP contribution in [0.5, 0.6) is 0 Å². The number of thioether (sulfide) groups is 2. The molecule has 0 amide bonds. The number of hydrogen-bond acceptors (Lipinski definition) is 14. The van der Waals surface area contributed by atoms with Crippen molar-refractivity contribution in [3.8, 4) is 22.3 Å². The zero-order valence-electron chi connectivity index (χ0n) is 46.6. The average molecular weight is 1450 g/mol. The molecule has 0 bridgehead atoms. The summed E-state index contributed by atoms with van der Waals surface area (Å²) in [5, 5.41) is -0.507. The first-order valence-electron chi connectivity index (χ1n) is 24.3. The van der Waals surface area contributed by atoms with Crippen LogP contribution in [-0.2, 0) is 72.5 Å². The molecule has 12 nitrogen and oxygen atoms in total. The Bertz CT molecular complexity index is 3480. The first-order chi connectivity index (χ1) is 39.2. The summed E-state index contributed by atoms with van der Waals surface area (Å²) in [5.74, 6) is 2.65. The monoisotopic (exact) mass is 1450 g/mol. The van der Waals surface area contributed by atoms with E-state index in [1.54, 1.807) is 108 Å². The topological polar surface area (TPSA) is 197 Å². The van der Waals surface area contributed by atoms with Crippen molar-refractivity contribution in [2.75, 3.05) is 0 Å². The molecule has 0 aliphatic heterocycles. The van der Waals surface area contributed by atoms with Crippen molar-refractivity contribution >= 4 is 121 Å². The van der Waals surface area contributed by atoms with Crippen LogP contribution in [-0.4, -0.2) is 0 Å². The van der Waals surface area contributed by atoms with E-state index in [0.29, 0.717) is 65.3 Å². The summed E-state index contributed by atoms with van der Waals surface area (Å²) in [6.07, 6.45) is 5.65. The molecule has 86 heavy (non-hydrogen) atoms. The molecule has 0 aliphatic carbocycles. The number of rotatable bonds is 24. The minimum absolute atomic E-state index is 0. The first kappa shape index (κ1) is 79.5. The molecule has 8 rings (SSSR count). The van der Waals surface area contributed by atoms with Gasteiger partial charge in [0.25, 0.3) is 0 Å². The van der Waals surface area contributed by atoms with E-state index < -0.39 is 42.7 Å². The third-order valence-corrected chi connectivity index (χ3v) is 20.1. The van der Waals surface area contributed by atoms with Gasteiger partial charge in [-0.1, -0.05) is 214 Å². The van der Waals surface area contributed by atoms with Crippen molar-refractivity contribution in [2.45, 2.75) is 35.3 Å². The van der Waals surface area contributed by atoms with Gasteiger partial charge in [-0.3, -0.25) is 9.13 Å². The molecule has 8 aromatic rings. The van der Waals surface area contributed by atoms with Gasteiger partial charge in [-0.05, 0) is 146 Å². The number of halogens is 6. The van der Waals surface area contributed by atoms with E-state index >= 15 is 0 Å². The van der Waals surface area contributed by atoms with Crippen molar-refractivity contribution in [2.24, 2.45) is 0 Å². The molecule has 0 heterocycles. The van der Waals surface area contributed by atoms with E-state index in [9.17, 15) is 55.9 Å². The van der Waals surface area contributed by atoms with Crippen LogP contribution in [0.4, 0.5) is 18.1 Å². The zero-order chi connectivity index (χ0) is 58.9. The third kappa shape index (κ3) is 24.6. The van der Waals surface area contributed by atoms with Gasteiger partial charge in [0, 0.05) is 32.0 Å². The average Bonchev–Trinajstić information content (AvgIpc) is 2.55. The Labute approximate surface area is 609 Å². The Kier molecular flexibility index (Phi) is 35.5. The molecule has 0 spiro atoms. The molecule has 0 unspecified atom stereocenters. The Morgan fingerprint density at radius 3 is 0.988 bits per heavy atom. The minimum Gasteiger partial charge on any atom is -0.807 e. The smallest absolute Gasteiger partial charge is 0.807 e. The number of benzene rings is 8. The van der Waals surface area contributed by atoms with Crippen LogP contribution in [0.25, 0.3) is 46.6 Å². The van der Waals surface area contributed by atoms with Gasteiger partial charge in [-0.2, -0.15) is 23.5 Å². The fraction of sp³-hybridized carbons (Fsp3) is 0.103. The van der Waals surface area contributed by atoms with Crippen LogP contribution in [0.2, 0.25) is 0 Å². The molecule has 0 saturated heterocycles. The second kappa shape index (κ2) is 38.4. The molecule has 0 aromatic heterocycles. The van der Waals surface area contributed by atoms with Crippen molar-refractivity contribution in [3.63, 3.8) is 0 Å². The molecule has 428 valence electrons. The van der Waals surface area contributed by atoms with Gasteiger partial charge in [0.2, 0.25) is 0 Å². The molecular weight excluding hydrogens is 1400 g/mol. The van der Waals surface area contributed by atoms with E-state index in [1.165, 1.54) is 12.1 Å². The summed E-state index contributed by atoms with van der Waals surface area (Å²) < 4.78 is 111. The molecule has 28 heteroatoms. The van der Waals surface area contributed by atoms with E-state index in [1.807, 2.05) is 109 Å². The molecule has 0 aliphatic rings. The largest absolute Gasteiger partial charge is 1.00 e. The van der Waals surface area contributed by atoms with Crippen LogP contribution >= 0.6 is 85.8 Å². The summed E-state index contributed by atoms with van der Waals surface area (Å²) >= 11 is 9.91. The second-order valence-electron chi connectivity index (χ2n) is 18.1. The normalized spacial score (nSPS) is 11.7. The molecule has 0 N–H and O–H groups in total. The standard InChI is InChI=1S/2C29H25BrF2O6P2S.4Na/c2*30-28-16-23(9-13-27(28)18-39(33,37-31)38-32)20-41-19-22-7-10-24(11-8-22)26-15-14-25(29(17-26)40(34,35)36)12-6-21-4-2-1-3-5-21;;;;/h2*1-17H,18-20H2,(H2,34,35,36);;;;/q;;4*+1/p-4. The maximum Gasteiger partial charge on any atom is 1.00 e. The predicted molar refractivity (Wildman–Crippen MR) is 319 cm³/mol. The predicted octanol–water partition coefficient (Wildman–Crippen LogP) is 3.52. The Morgan fingerprint density at radius 2 is 0.686 bits per heavy atom. The molecule has 0 saturated carbocycles. The van der Waals surface area contributed by atoms with Gasteiger partial charge in [0.15, 0.2) is 0 Å². The summed E-state index contributed by atoms with van der Waals surface area (Å²) in [6.45, 7) is 0. The SMILES string of the molecule is O=P(Cc1ccc(CSCc2ccc(-c3ccc(C=Cc4ccccc4)c(P(=O)([O-])[O-])c3)cc2)cc1Br)(OF)OF.O=P(Cc1ccc(CSCc2ccc(-c3ccc(C=Cc4ccccc4)c(P(=O)([O-])[O-])c3)cc2)cc1Br)(OF)OF.[Na+].[Na+].[Na+].[Na+]. The molecule has 8 aromatic carbocycles. The van der Waals surface area contributed by atoms with Gasteiger partial charge in [0.05, 0.1) is 12.3 Å². The minimum atomic E-state index is -5.02. The number of hydrogen-bond donors (Lipinski definition) is 0. The van der Waals surface area contributed by atoms with E-state index in [4.69, 9.17) is 0 Å². The Morgan fingerprint density at radius 1 is 0.384 bits per heavy atom. The van der Waals surface area contributed by atoms with Crippen molar-refractivity contribution in [1.82, 2.24) is 0 Å². The summed E-state index contributed by atoms with van der Waals surface area (Å²) in [7, 11) is -19.0. The second-order valence-corrected chi connectivity index (χ2v) is 28.3. The van der Waals surface area contributed by atoms with Gasteiger partial charge in [-0.25, -0.2) is 0 Å².